The lowest BCUT2D eigenvalue weighted by molar-refractivity contribution is -0.122. The Morgan fingerprint density at radius 2 is 1.82 bits per heavy atom. The molecule has 0 spiro atoms. The van der Waals surface area contributed by atoms with Crippen molar-refractivity contribution in [2.24, 2.45) is 0 Å². The van der Waals surface area contributed by atoms with Crippen LogP contribution in [0.25, 0.3) is 0 Å². The second-order valence-electron chi connectivity index (χ2n) is 7.74. The molecule has 0 bridgehead atoms. The fourth-order valence-corrected chi connectivity index (χ4v) is 4.50. The van der Waals surface area contributed by atoms with Gasteiger partial charge >= 0.3 is 0 Å². The number of likely N-dealkylation sites (N-methyl/N-ethyl adjacent to an activating group) is 1. The van der Waals surface area contributed by atoms with Gasteiger partial charge in [-0.25, -0.2) is 0 Å². The zero-order valence-corrected chi connectivity index (χ0v) is 16.7. The Balaban J connectivity index is 1.65. The minimum absolute atomic E-state index is 0.00248. The molecule has 2 fully saturated rings. The smallest absolute Gasteiger partial charge is 0.254 e. The number of hydrogen-bond acceptors (Lipinski definition) is 4. The maximum absolute atomic E-state index is 13.0. The molecule has 2 saturated heterocycles. The summed E-state index contributed by atoms with van der Waals surface area (Å²) in [6.45, 7) is 8.96. The van der Waals surface area contributed by atoms with Crippen molar-refractivity contribution in [1.82, 2.24) is 9.80 Å². The van der Waals surface area contributed by atoms with E-state index in [1.165, 1.54) is 0 Å². The molecule has 0 unspecified atom stereocenters. The summed E-state index contributed by atoms with van der Waals surface area (Å²) in [5, 5.41) is 0. The van der Waals surface area contributed by atoms with Gasteiger partial charge in [0, 0.05) is 44.7 Å². The van der Waals surface area contributed by atoms with Gasteiger partial charge in [0.1, 0.15) is 6.04 Å². The summed E-state index contributed by atoms with van der Waals surface area (Å²) in [6.07, 6.45) is 1.79. The zero-order chi connectivity index (χ0) is 19.8. The van der Waals surface area contributed by atoms with E-state index in [1.807, 2.05) is 17.9 Å². The maximum Gasteiger partial charge on any atom is 0.254 e. The minimum atomic E-state index is -0.393. The number of nitrogens with zero attached hydrogens (tertiary/aromatic N) is 4. The van der Waals surface area contributed by atoms with Gasteiger partial charge in [0.05, 0.1) is 11.4 Å². The van der Waals surface area contributed by atoms with Crippen LogP contribution in [-0.2, 0) is 9.59 Å². The quantitative estimate of drug-likeness (QED) is 0.793. The Morgan fingerprint density at radius 3 is 2.50 bits per heavy atom. The second kappa shape index (κ2) is 7.54. The molecule has 0 aromatic heterocycles. The van der Waals surface area contributed by atoms with Gasteiger partial charge < -0.3 is 14.7 Å². The lowest BCUT2D eigenvalue weighted by Crippen LogP contribution is -2.52. The van der Waals surface area contributed by atoms with Crippen LogP contribution in [0, 0.1) is 0 Å². The van der Waals surface area contributed by atoms with Crippen molar-refractivity contribution >= 4 is 29.1 Å². The highest BCUT2D eigenvalue weighted by Crippen LogP contribution is 2.41. The van der Waals surface area contributed by atoms with Gasteiger partial charge in [0.25, 0.3) is 5.91 Å². The number of anilines is 2. The predicted molar refractivity (Wildman–Crippen MR) is 108 cm³/mol. The molecule has 7 heteroatoms. The summed E-state index contributed by atoms with van der Waals surface area (Å²) in [6, 6.07) is 5.06. The number of benzene rings is 1. The molecule has 150 valence electrons. The van der Waals surface area contributed by atoms with Crippen LogP contribution in [0.15, 0.2) is 18.2 Å². The van der Waals surface area contributed by atoms with Gasteiger partial charge in [-0.05, 0) is 37.6 Å². The van der Waals surface area contributed by atoms with Crippen LogP contribution in [0.5, 0.6) is 0 Å². The molecule has 0 N–H and O–H groups in total. The van der Waals surface area contributed by atoms with Gasteiger partial charge in [-0.2, -0.15) is 0 Å². The third-order valence-electron chi connectivity index (χ3n) is 6.09. The summed E-state index contributed by atoms with van der Waals surface area (Å²) >= 11 is 0. The van der Waals surface area contributed by atoms with E-state index in [2.05, 4.69) is 11.8 Å². The highest BCUT2D eigenvalue weighted by atomic mass is 16.2. The third-order valence-corrected chi connectivity index (χ3v) is 6.09. The maximum atomic E-state index is 13.0. The number of carbonyl (C=O) groups is 3. The number of rotatable bonds is 4. The first-order chi connectivity index (χ1) is 13.5. The van der Waals surface area contributed by atoms with E-state index in [1.54, 1.807) is 21.9 Å². The summed E-state index contributed by atoms with van der Waals surface area (Å²) < 4.78 is 0. The molecule has 3 heterocycles. The normalized spacial score (nSPS) is 22.5. The zero-order valence-electron chi connectivity index (χ0n) is 16.7. The molecule has 7 nitrogen and oxygen atoms in total. The highest BCUT2D eigenvalue weighted by molar-refractivity contribution is 6.15. The Labute approximate surface area is 165 Å². The molecule has 1 aromatic carbocycles. The van der Waals surface area contributed by atoms with E-state index in [-0.39, 0.29) is 17.7 Å². The number of carbonyl (C=O) groups excluding carboxylic acids is 3. The van der Waals surface area contributed by atoms with Crippen LogP contribution in [0.3, 0.4) is 0 Å². The number of hydrogen-bond donors (Lipinski definition) is 0. The standard InChI is InChI=1S/C21H28N4O3/c1-3-9-24-18-14-15(20(27)23-12-10-22(4-2)11-13-23)5-6-16(18)25-17(21(24)28)7-8-19(25)26/h5-6,14,17H,3-4,7-13H2,1-2H3/t17-/m1/s1. The van der Waals surface area contributed by atoms with Crippen molar-refractivity contribution in [2.75, 3.05) is 49.1 Å². The Bertz CT molecular complexity index is 801. The van der Waals surface area contributed by atoms with Crippen molar-refractivity contribution in [3.63, 3.8) is 0 Å². The van der Waals surface area contributed by atoms with E-state index in [4.69, 9.17) is 0 Å². The average molecular weight is 384 g/mol. The number of fused-ring (bicyclic) bond motifs is 3. The lowest BCUT2D eigenvalue weighted by atomic mass is 10.0. The molecule has 0 saturated carbocycles. The molecule has 28 heavy (non-hydrogen) atoms. The fraction of sp³-hybridized carbons (Fsp3) is 0.571. The SMILES string of the molecule is CCCN1C(=O)[C@H]2CCC(=O)N2c2ccc(C(=O)N3CCN(CC)CC3)cc21. The van der Waals surface area contributed by atoms with Gasteiger partial charge in [0.15, 0.2) is 0 Å². The molecule has 3 aliphatic heterocycles. The molecule has 0 aliphatic carbocycles. The first-order valence-electron chi connectivity index (χ1n) is 10.3. The first kappa shape index (κ1) is 18.9. The van der Waals surface area contributed by atoms with Crippen molar-refractivity contribution in [3.8, 4) is 0 Å². The monoisotopic (exact) mass is 384 g/mol. The van der Waals surface area contributed by atoms with E-state index >= 15 is 0 Å². The minimum Gasteiger partial charge on any atom is -0.336 e. The van der Waals surface area contributed by atoms with E-state index in [9.17, 15) is 14.4 Å². The molecule has 1 aromatic rings. The van der Waals surface area contributed by atoms with Crippen molar-refractivity contribution in [2.45, 2.75) is 39.2 Å². The van der Waals surface area contributed by atoms with Gasteiger partial charge in [-0.1, -0.05) is 13.8 Å². The van der Waals surface area contributed by atoms with Crippen molar-refractivity contribution in [3.05, 3.63) is 23.8 Å². The fourth-order valence-electron chi connectivity index (χ4n) is 4.50. The molecule has 3 amide bonds. The average Bonchev–Trinajstić information content (AvgIpc) is 3.12. The molecule has 0 radical (unpaired) electrons. The van der Waals surface area contributed by atoms with Crippen LogP contribution in [0.2, 0.25) is 0 Å². The number of amides is 3. The Hall–Kier alpha value is -2.41. The number of piperazine rings is 1. The Morgan fingerprint density at radius 1 is 1.07 bits per heavy atom. The molecular formula is C21H28N4O3. The molecular weight excluding hydrogens is 356 g/mol. The van der Waals surface area contributed by atoms with Crippen LogP contribution in [0.1, 0.15) is 43.5 Å². The highest BCUT2D eigenvalue weighted by Gasteiger charge is 2.45. The molecule has 3 aliphatic rings. The van der Waals surface area contributed by atoms with Crippen LogP contribution >= 0.6 is 0 Å². The van der Waals surface area contributed by atoms with E-state index in [0.717, 1.165) is 31.7 Å². The second-order valence-corrected chi connectivity index (χ2v) is 7.74. The van der Waals surface area contributed by atoms with Crippen LogP contribution in [0.4, 0.5) is 11.4 Å². The molecule has 1 atom stereocenters. The summed E-state index contributed by atoms with van der Waals surface area (Å²) in [5.74, 6) is -0.0378. The predicted octanol–water partition coefficient (Wildman–Crippen LogP) is 1.72. The molecule has 4 rings (SSSR count). The third kappa shape index (κ3) is 3.07. The van der Waals surface area contributed by atoms with Crippen molar-refractivity contribution in [1.29, 1.82) is 0 Å². The Kier molecular flexibility index (Phi) is 5.10. The van der Waals surface area contributed by atoms with Crippen molar-refractivity contribution < 1.29 is 14.4 Å². The van der Waals surface area contributed by atoms with E-state index in [0.29, 0.717) is 43.7 Å². The lowest BCUT2D eigenvalue weighted by Gasteiger charge is -2.39. The van der Waals surface area contributed by atoms with Crippen LogP contribution in [-0.4, -0.2) is 72.8 Å². The first-order valence-corrected chi connectivity index (χ1v) is 10.3. The largest absolute Gasteiger partial charge is 0.336 e. The summed E-state index contributed by atoms with van der Waals surface area (Å²) in [4.78, 5) is 46.0. The summed E-state index contributed by atoms with van der Waals surface area (Å²) in [5.41, 5.74) is 2.03. The van der Waals surface area contributed by atoms with Gasteiger partial charge in [0.2, 0.25) is 11.8 Å². The van der Waals surface area contributed by atoms with Gasteiger partial charge in [-0.15, -0.1) is 0 Å². The van der Waals surface area contributed by atoms with E-state index < -0.39 is 6.04 Å². The summed E-state index contributed by atoms with van der Waals surface area (Å²) in [7, 11) is 0. The topological polar surface area (TPSA) is 64.2 Å². The van der Waals surface area contributed by atoms with Gasteiger partial charge in [-0.3, -0.25) is 19.3 Å². The van der Waals surface area contributed by atoms with Crippen LogP contribution < -0.4 is 9.80 Å².